The Balaban J connectivity index is 1.99. The number of amides is 1. The molecule has 2 rings (SSSR count). The highest BCUT2D eigenvalue weighted by Gasteiger charge is 2.13. The third kappa shape index (κ3) is 4.21. The van der Waals surface area contributed by atoms with Crippen molar-refractivity contribution < 1.29 is 13.9 Å². The van der Waals surface area contributed by atoms with Crippen molar-refractivity contribution in [2.45, 2.75) is 13.0 Å². The summed E-state index contributed by atoms with van der Waals surface area (Å²) < 4.78 is 18.8. The van der Waals surface area contributed by atoms with Crippen molar-refractivity contribution in [2.24, 2.45) is 0 Å². The van der Waals surface area contributed by atoms with Gasteiger partial charge in [-0.15, -0.1) is 0 Å². The lowest BCUT2D eigenvalue weighted by atomic mass is 10.1. The van der Waals surface area contributed by atoms with Crippen molar-refractivity contribution in [3.8, 4) is 5.75 Å². The lowest BCUT2D eigenvalue weighted by Crippen LogP contribution is -2.28. The molecule has 0 aliphatic heterocycles. The van der Waals surface area contributed by atoms with Gasteiger partial charge >= 0.3 is 0 Å². The Morgan fingerprint density at radius 1 is 1.23 bits per heavy atom. The molecular formula is C17H17ClFNO2. The normalized spacial score (nSPS) is 10.4. The summed E-state index contributed by atoms with van der Waals surface area (Å²) in [6.07, 6.45) is 0.00958. The fourth-order valence-electron chi connectivity index (χ4n) is 2.06. The molecule has 0 aliphatic carbocycles. The van der Waals surface area contributed by atoms with Crippen LogP contribution in [0.1, 0.15) is 11.1 Å². The Morgan fingerprint density at radius 2 is 1.91 bits per heavy atom. The number of methoxy groups -OCH3 is 1. The number of ether oxygens (including phenoxy) is 1. The molecule has 1 amide bonds. The van der Waals surface area contributed by atoms with Crippen molar-refractivity contribution >= 4 is 17.5 Å². The monoisotopic (exact) mass is 321 g/mol. The van der Waals surface area contributed by atoms with Crippen molar-refractivity contribution in [1.29, 1.82) is 0 Å². The summed E-state index contributed by atoms with van der Waals surface area (Å²) in [4.78, 5) is 13.7. The predicted molar refractivity (Wildman–Crippen MR) is 84.6 cm³/mol. The standard InChI is InChI=1S/C17H17ClFNO2/c1-20(11-12-3-7-15(22-2)8-4-12)17(21)9-13-5-6-14(18)10-16(13)19/h3-8,10H,9,11H2,1-2H3. The van der Waals surface area contributed by atoms with Crippen LogP contribution < -0.4 is 4.74 Å². The van der Waals surface area contributed by atoms with E-state index in [9.17, 15) is 9.18 Å². The zero-order valence-electron chi connectivity index (χ0n) is 12.5. The van der Waals surface area contributed by atoms with Gasteiger partial charge in [-0.3, -0.25) is 4.79 Å². The van der Waals surface area contributed by atoms with Crippen LogP contribution in [0.15, 0.2) is 42.5 Å². The summed E-state index contributed by atoms with van der Waals surface area (Å²) in [5, 5.41) is 0.320. The van der Waals surface area contributed by atoms with E-state index in [1.165, 1.54) is 12.1 Å². The fraction of sp³-hybridized carbons (Fsp3) is 0.235. The van der Waals surface area contributed by atoms with Gasteiger partial charge in [0.25, 0.3) is 0 Å². The summed E-state index contributed by atoms with van der Waals surface area (Å²) >= 11 is 5.70. The second-order valence-corrected chi connectivity index (χ2v) is 5.45. The molecule has 5 heteroatoms. The smallest absolute Gasteiger partial charge is 0.227 e. The van der Waals surface area contributed by atoms with Crippen molar-refractivity contribution in [3.63, 3.8) is 0 Å². The van der Waals surface area contributed by atoms with Gasteiger partial charge in [-0.2, -0.15) is 0 Å². The van der Waals surface area contributed by atoms with Gasteiger partial charge in [-0.25, -0.2) is 4.39 Å². The SMILES string of the molecule is COc1ccc(CN(C)C(=O)Cc2ccc(Cl)cc2F)cc1. The number of rotatable bonds is 5. The van der Waals surface area contributed by atoms with Crippen molar-refractivity contribution in [1.82, 2.24) is 4.90 Å². The van der Waals surface area contributed by atoms with Crippen LogP contribution >= 0.6 is 11.6 Å². The first kappa shape index (κ1) is 16.3. The molecule has 0 fully saturated rings. The highest BCUT2D eigenvalue weighted by molar-refractivity contribution is 6.30. The molecule has 0 saturated heterocycles. The van der Waals surface area contributed by atoms with Crippen LogP contribution in [0.3, 0.4) is 0 Å². The average molecular weight is 322 g/mol. The van der Waals surface area contributed by atoms with Crippen LogP contribution in [0.4, 0.5) is 4.39 Å². The highest BCUT2D eigenvalue weighted by Crippen LogP contribution is 2.17. The molecule has 0 bridgehead atoms. The van der Waals surface area contributed by atoms with Gasteiger partial charge in [-0.05, 0) is 35.4 Å². The van der Waals surface area contributed by atoms with Gasteiger partial charge in [0.2, 0.25) is 5.91 Å². The lowest BCUT2D eigenvalue weighted by molar-refractivity contribution is -0.129. The van der Waals surface area contributed by atoms with Crippen molar-refractivity contribution in [2.75, 3.05) is 14.2 Å². The van der Waals surface area contributed by atoms with E-state index in [0.717, 1.165) is 11.3 Å². The molecule has 0 aromatic heterocycles. The van der Waals surface area contributed by atoms with Crippen molar-refractivity contribution in [3.05, 3.63) is 64.4 Å². The third-order valence-electron chi connectivity index (χ3n) is 3.36. The molecule has 0 N–H and O–H groups in total. The molecule has 0 heterocycles. The molecule has 0 spiro atoms. The number of halogens is 2. The van der Waals surface area contributed by atoms with E-state index in [4.69, 9.17) is 16.3 Å². The number of carbonyl (C=O) groups is 1. The Bertz CT molecular complexity index is 658. The molecule has 22 heavy (non-hydrogen) atoms. The van der Waals surface area contributed by atoms with Crippen LogP contribution in [0.5, 0.6) is 5.75 Å². The number of nitrogens with zero attached hydrogens (tertiary/aromatic N) is 1. The van der Waals surface area contributed by atoms with Gasteiger partial charge in [0, 0.05) is 18.6 Å². The molecule has 0 radical (unpaired) electrons. The van der Waals surface area contributed by atoms with Crippen LogP contribution in [0.25, 0.3) is 0 Å². The number of carbonyl (C=O) groups excluding carboxylic acids is 1. The topological polar surface area (TPSA) is 29.5 Å². The predicted octanol–water partition coefficient (Wildman–Crippen LogP) is 3.69. The largest absolute Gasteiger partial charge is 0.497 e. The van der Waals surface area contributed by atoms with Crippen LogP contribution in [-0.2, 0) is 17.8 Å². The van der Waals surface area contributed by atoms with Crippen LogP contribution in [-0.4, -0.2) is 25.0 Å². The number of hydrogen-bond acceptors (Lipinski definition) is 2. The maximum atomic E-state index is 13.7. The van der Waals surface area contributed by atoms with Gasteiger partial charge in [-0.1, -0.05) is 29.8 Å². The van der Waals surface area contributed by atoms with Gasteiger partial charge in [0.05, 0.1) is 13.5 Å². The number of benzene rings is 2. The van der Waals surface area contributed by atoms with Crippen LogP contribution in [0, 0.1) is 5.82 Å². The Kier molecular flexibility index (Phi) is 5.39. The van der Waals surface area contributed by atoms with Crippen LogP contribution in [0.2, 0.25) is 5.02 Å². The van der Waals surface area contributed by atoms with Gasteiger partial charge < -0.3 is 9.64 Å². The highest BCUT2D eigenvalue weighted by atomic mass is 35.5. The van der Waals surface area contributed by atoms with E-state index < -0.39 is 5.82 Å². The summed E-state index contributed by atoms with van der Waals surface area (Å²) in [5.74, 6) is 0.150. The summed E-state index contributed by atoms with van der Waals surface area (Å²) in [7, 11) is 3.30. The Hall–Kier alpha value is -2.07. The number of hydrogen-bond donors (Lipinski definition) is 0. The zero-order valence-corrected chi connectivity index (χ0v) is 13.2. The minimum atomic E-state index is -0.460. The Morgan fingerprint density at radius 3 is 2.50 bits per heavy atom. The molecule has 2 aromatic rings. The first-order chi connectivity index (χ1) is 10.5. The summed E-state index contributed by atoms with van der Waals surface area (Å²) in [6, 6.07) is 11.8. The zero-order chi connectivity index (χ0) is 16.1. The van der Waals surface area contributed by atoms with E-state index >= 15 is 0 Å². The molecule has 2 aromatic carbocycles. The minimum absolute atomic E-state index is 0.00958. The molecule has 0 atom stereocenters. The average Bonchev–Trinajstić information content (AvgIpc) is 2.50. The Labute approximate surface area is 134 Å². The fourth-order valence-corrected chi connectivity index (χ4v) is 2.21. The second-order valence-electron chi connectivity index (χ2n) is 5.01. The maximum Gasteiger partial charge on any atom is 0.227 e. The van der Waals surface area contributed by atoms with E-state index in [0.29, 0.717) is 17.1 Å². The maximum absolute atomic E-state index is 13.7. The first-order valence-corrected chi connectivity index (χ1v) is 7.18. The second kappa shape index (κ2) is 7.27. The van der Waals surface area contributed by atoms with E-state index in [1.54, 1.807) is 25.1 Å². The molecule has 116 valence electrons. The van der Waals surface area contributed by atoms with E-state index in [-0.39, 0.29) is 12.3 Å². The molecular weight excluding hydrogens is 305 g/mol. The summed E-state index contributed by atoms with van der Waals surface area (Å²) in [5.41, 5.74) is 1.32. The molecule has 0 saturated carbocycles. The third-order valence-corrected chi connectivity index (χ3v) is 3.60. The van der Waals surface area contributed by atoms with E-state index in [2.05, 4.69) is 0 Å². The molecule has 3 nitrogen and oxygen atoms in total. The summed E-state index contributed by atoms with van der Waals surface area (Å²) in [6.45, 7) is 0.456. The minimum Gasteiger partial charge on any atom is -0.497 e. The quantitative estimate of drug-likeness (QED) is 0.840. The first-order valence-electron chi connectivity index (χ1n) is 6.80. The van der Waals surface area contributed by atoms with Gasteiger partial charge in [0.1, 0.15) is 11.6 Å². The molecule has 0 unspecified atom stereocenters. The number of likely N-dealkylation sites (N-methyl/N-ethyl adjacent to an activating group) is 1. The lowest BCUT2D eigenvalue weighted by Gasteiger charge is -2.18. The van der Waals surface area contributed by atoms with Gasteiger partial charge in [0.15, 0.2) is 0 Å². The molecule has 0 aliphatic rings. The van der Waals surface area contributed by atoms with E-state index in [1.807, 2.05) is 24.3 Å².